The van der Waals surface area contributed by atoms with Gasteiger partial charge in [-0.05, 0) is 47.8 Å². The molecule has 2 heterocycles. The van der Waals surface area contributed by atoms with E-state index in [1.165, 1.54) is 11.1 Å². The Hall–Kier alpha value is -0.859. The Bertz CT molecular complexity index is 1260. The van der Waals surface area contributed by atoms with Crippen LogP contribution in [-0.4, -0.2) is 30.2 Å². The minimum Gasteiger partial charge on any atom is -0.145 e. The van der Waals surface area contributed by atoms with Crippen molar-refractivity contribution in [1.29, 1.82) is 0 Å². The molecule has 0 saturated carbocycles. The van der Waals surface area contributed by atoms with Crippen LogP contribution in [0.1, 0.15) is 17.0 Å². The van der Waals surface area contributed by atoms with E-state index in [-0.39, 0.29) is 0 Å². The van der Waals surface area contributed by atoms with Gasteiger partial charge in [0.15, 0.2) is 0 Å². The summed E-state index contributed by atoms with van der Waals surface area (Å²) in [4.78, 5) is 0. The topological polar surface area (TPSA) is 0 Å². The van der Waals surface area contributed by atoms with E-state index in [9.17, 15) is 0 Å². The Labute approximate surface area is 199 Å². The number of benzene rings is 1. The molecule has 3 aliphatic rings. The third-order valence-corrected chi connectivity index (χ3v) is 18.4. The number of allylic oxidation sites excluding steroid dienone is 2. The van der Waals surface area contributed by atoms with Crippen molar-refractivity contribution in [3.63, 3.8) is 0 Å². The van der Waals surface area contributed by atoms with Crippen LogP contribution < -0.4 is 14.3 Å². The first-order chi connectivity index (χ1) is 14.5. The highest BCUT2D eigenvalue weighted by Crippen LogP contribution is 2.56. The first-order valence-corrected chi connectivity index (χ1v) is 22.6. The highest BCUT2D eigenvalue weighted by atomic mass is 32.2. The van der Waals surface area contributed by atoms with Crippen molar-refractivity contribution in [2.75, 3.05) is 0 Å². The van der Waals surface area contributed by atoms with Gasteiger partial charge in [-0.25, -0.2) is 0 Å². The lowest BCUT2D eigenvalue weighted by molar-refractivity contribution is 1.05. The van der Waals surface area contributed by atoms with Gasteiger partial charge in [-0.3, -0.25) is 0 Å². The fourth-order valence-corrected chi connectivity index (χ4v) is 15.2. The predicted octanol–water partition coefficient (Wildman–Crippen LogP) is 5.96. The SMILES string of the molecule is C[Si](C)C1=c2sc([Si](C)(C)C)cc2=C2C(C3C=Cc4ccccc43)=C([Si](C)(C)C)SC21. The molecule has 1 aromatic carbocycles. The highest BCUT2D eigenvalue weighted by Gasteiger charge is 2.45. The molecule has 5 heteroatoms. The second-order valence-corrected chi connectivity index (χ2v) is 26.9. The molecule has 5 rings (SSSR count). The summed E-state index contributed by atoms with van der Waals surface area (Å²) < 4.78 is 5.09. The number of thiophene rings is 1. The van der Waals surface area contributed by atoms with E-state index in [1.54, 1.807) is 35.1 Å². The molecule has 2 atom stereocenters. The fraction of sp³-hybridized carbons (Fsp3) is 0.385. The van der Waals surface area contributed by atoms with E-state index in [0.717, 1.165) is 0 Å². The normalized spacial score (nSPS) is 22.6. The van der Waals surface area contributed by atoms with Crippen LogP contribution in [0.4, 0.5) is 0 Å². The van der Waals surface area contributed by atoms with E-state index in [0.29, 0.717) is 11.2 Å². The Balaban J connectivity index is 1.82. The lowest BCUT2D eigenvalue weighted by atomic mass is 9.88. The first-order valence-electron chi connectivity index (χ1n) is 11.4. The summed E-state index contributed by atoms with van der Waals surface area (Å²) in [6.45, 7) is 20.2. The Morgan fingerprint density at radius 2 is 1.61 bits per heavy atom. The Kier molecular flexibility index (Phi) is 5.19. The van der Waals surface area contributed by atoms with E-state index >= 15 is 0 Å². The van der Waals surface area contributed by atoms with Gasteiger partial charge in [0.25, 0.3) is 0 Å². The van der Waals surface area contributed by atoms with Crippen molar-refractivity contribution in [1.82, 2.24) is 0 Å². The summed E-state index contributed by atoms with van der Waals surface area (Å²) in [5.74, 6) is 0.428. The number of hydrogen-bond donors (Lipinski definition) is 0. The molecule has 0 bridgehead atoms. The van der Waals surface area contributed by atoms with Crippen LogP contribution in [-0.2, 0) is 0 Å². The Morgan fingerprint density at radius 1 is 0.903 bits per heavy atom. The van der Waals surface area contributed by atoms with Crippen LogP contribution in [0, 0.1) is 0 Å². The molecule has 2 aliphatic carbocycles. The molecule has 0 nitrogen and oxygen atoms in total. The third-order valence-electron chi connectivity index (χ3n) is 6.63. The van der Waals surface area contributed by atoms with Gasteiger partial charge in [-0.15, -0.1) is 23.1 Å². The molecule has 0 spiro atoms. The minimum absolute atomic E-state index is 0.428. The molecule has 0 saturated heterocycles. The number of thioether (sulfide) groups is 1. The van der Waals surface area contributed by atoms with Crippen molar-refractivity contribution in [3.8, 4) is 0 Å². The van der Waals surface area contributed by atoms with E-state index in [4.69, 9.17) is 0 Å². The van der Waals surface area contributed by atoms with Crippen LogP contribution in [0.5, 0.6) is 0 Å². The molecule has 161 valence electrons. The zero-order valence-corrected chi connectivity index (χ0v) is 24.6. The van der Waals surface area contributed by atoms with Crippen LogP contribution in [0.25, 0.3) is 16.8 Å². The zero-order chi connectivity index (χ0) is 22.3. The predicted molar refractivity (Wildman–Crippen MR) is 151 cm³/mol. The number of fused-ring (bicyclic) bond motifs is 3. The second-order valence-electron chi connectivity index (χ2n) is 11.4. The van der Waals surface area contributed by atoms with Crippen molar-refractivity contribution in [2.24, 2.45) is 0 Å². The molecule has 31 heavy (non-hydrogen) atoms. The van der Waals surface area contributed by atoms with Crippen molar-refractivity contribution in [2.45, 2.75) is 63.5 Å². The maximum absolute atomic E-state index is 2.63. The third kappa shape index (κ3) is 3.43. The molecular weight excluding hydrogens is 461 g/mol. The summed E-state index contributed by atoms with van der Waals surface area (Å²) >= 11 is 4.39. The lowest BCUT2D eigenvalue weighted by Crippen LogP contribution is -2.35. The highest BCUT2D eigenvalue weighted by molar-refractivity contribution is 8.07. The number of hydrogen-bond acceptors (Lipinski definition) is 2. The smallest absolute Gasteiger partial charge is 0.0904 e. The molecule has 1 aromatic heterocycles. The zero-order valence-electron chi connectivity index (χ0n) is 20.0. The molecule has 0 N–H and O–H groups in total. The summed E-state index contributed by atoms with van der Waals surface area (Å²) in [5.41, 5.74) is 6.31. The van der Waals surface area contributed by atoms with Gasteiger partial charge in [0.1, 0.15) is 0 Å². The second kappa shape index (κ2) is 7.32. The molecule has 1 radical (unpaired) electrons. The van der Waals surface area contributed by atoms with E-state index in [2.05, 4.69) is 118 Å². The maximum Gasteiger partial charge on any atom is 0.0904 e. The molecule has 2 aromatic rings. The molecular formula is C26H33S2Si3. The minimum atomic E-state index is -1.46. The standard InChI is InChI=1S/C26H33S2Si3/c1-29(2)25-23-19(15-20(27-23)30(3,4)5)21-22(26(28-24(21)25)31(6,7)8)18-14-13-16-11-9-10-12-17(16)18/h9-15,18,24H,1-8H3. The molecule has 0 amide bonds. The van der Waals surface area contributed by atoms with Crippen LogP contribution in [0.2, 0.25) is 52.4 Å². The van der Waals surface area contributed by atoms with Gasteiger partial charge in [0.2, 0.25) is 0 Å². The maximum atomic E-state index is 2.63. The summed E-state index contributed by atoms with van der Waals surface area (Å²) in [5, 5.41) is 4.00. The van der Waals surface area contributed by atoms with Crippen LogP contribution >= 0.6 is 23.1 Å². The molecule has 0 fully saturated rings. The monoisotopic (exact) mass is 493 g/mol. The first kappa shape index (κ1) is 22.0. The molecule has 2 unspecified atom stereocenters. The fourth-order valence-electron chi connectivity index (χ4n) is 5.15. The van der Waals surface area contributed by atoms with Crippen LogP contribution in [0.15, 0.2) is 46.5 Å². The Morgan fingerprint density at radius 3 is 2.26 bits per heavy atom. The number of rotatable bonds is 4. The van der Waals surface area contributed by atoms with E-state index < -0.39 is 24.9 Å². The van der Waals surface area contributed by atoms with E-state index in [1.807, 2.05) is 0 Å². The summed E-state index contributed by atoms with van der Waals surface area (Å²) in [6.07, 6.45) is 4.85. The van der Waals surface area contributed by atoms with Gasteiger partial charge in [0.05, 0.1) is 30.2 Å². The van der Waals surface area contributed by atoms with Crippen molar-refractivity contribution in [3.05, 3.63) is 67.4 Å². The average Bonchev–Trinajstić information content (AvgIpc) is 3.38. The van der Waals surface area contributed by atoms with Gasteiger partial charge in [0, 0.05) is 10.5 Å². The van der Waals surface area contributed by atoms with Gasteiger partial charge in [-0.2, -0.15) is 0 Å². The summed E-state index contributed by atoms with van der Waals surface area (Å²) in [6, 6.07) is 11.7. The van der Waals surface area contributed by atoms with Crippen LogP contribution in [0.3, 0.4) is 0 Å². The van der Waals surface area contributed by atoms with Gasteiger partial charge >= 0.3 is 0 Å². The van der Waals surface area contributed by atoms with Crippen molar-refractivity contribution < 1.29 is 0 Å². The van der Waals surface area contributed by atoms with Crippen molar-refractivity contribution >= 4 is 69.4 Å². The van der Waals surface area contributed by atoms with Gasteiger partial charge < -0.3 is 0 Å². The quantitative estimate of drug-likeness (QED) is 0.474. The van der Waals surface area contributed by atoms with Gasteiger partial charge in [-0.1, -0.05) is 88.8 Å². The lowest BCUT2D eigenvalue weighted by Gasteiger charge is -2.23. The average molecular weight is 494 g/mol. The molecule has 1 aliphatic heterocycles. The summed E-state index contributed by atoms with van der Waals surface area (Å²) in [7, 11) is -3.30. The largest absolute Gasteiger partial charge is 0.145 e.